The molecule has 0 aromatic carbocycles. The molecule has 2 heterocycles. The third-order valence-corrected chi connectivity index (χ3v) is 4.70. The minimum Gasteiger partial charge on any atom is -0.444 e. The van der Waals surface area contributed by atoms with Gasteiger partial charge in [0.25, 0.3) is 0 Å². The second kappa shape index (κ2) is 7.38. The van der Waals surface area contributed by atoms with Crippen LogP contribution in [-0.4, -0.2) is 58.6 Å². The molecule has 24 heavy (non-hydrogen) atoms. The molecule has 1 aliphatic rings. The van der Waals surface area contributed by atoms with E-state index in [1.54, 1.807) is 16.2 Å². The SMILES string of the molecule is Cc1nc(C)c(CN=C(N)N2CCN(C(=O)OC(C)(C)C)CC2)s1. The zero-order valence-corrected chi connectivity index (χ0v) is 15.9. The van der Waals surface area contributed by atoms with Crippen LogP contribution in [0.2, 0.25) is 0 Å². The summed E-state index contributed by atoms with van der Waals surface area (Å²) in [6, 6.07) is 0. The minimum absolute atomic E-state index is 0.270. The first-order chi connectivity index (χ1) is 11.2. The highest BCUT2D eigenvalue weighted by atomic mass is 32.1. The minimum atomic E-state index is -0.473. The van der Waals surface area contributed by atoms with Crippen LogP contribution in [0, 0.1) is 13.8 Å². The third kappa shape index (κ3) is 5.09. The Labute approximate surface area is 147 Å². The van der Waals surface area contributed by atoms with Gasteiger partial charge in [-0.1, -0.05) is 0 Å². The van der Waals surface area contributed by atoms with E-state index in [1.807, 2.05) is 39.5 Å². The summed E-state index contributed by atoms with van der Waals surface area (Å²) in [5.41, 5.74) is 6.65. The lowest BCUT2D eigenvalue weighted by molar-refractivity contribution is 0.0186. The number of thiazole rings is 1. The molecule has 0 saturated carbocycles. The Morgan fingerprint density at radius 3 is 2.33 bits per heavy atom. The fourth-order valence-electron chi connectivity index (χ4n) is 2.42. The zero-order chi connectivity index (χ0) is 17.9. The molecule has 134 valence electrons. The summed E-state index contributed by atoms with van der Waals surface area (Å²) < 4.78 is 5.40. The van der Waals surface area contributed by atoms with Gasteiger partial charge in [0.15, 0.2) is 5.96 Å². The molecular formula is C16H27N5O2S. The van der Waals surface area contributed by atoms with Crippen LogP contribution < -0.4 is 5.73 Å². The van der Waals surface area contributed by atoms with Gasteiger partial charge in [-0.15, -0.1) is 11.3 Å². The topological polar surface area (TPSA) is 84.0 Å². The first-order valence-electron chi connectivity index (χ1n) is 8.11. The van der Waals surface area contributed by atoms with Crippen molar-refractivity contribution in [3.8, 4) is 0 Å². The molecule has 1 fully saturated rings. The van der Waals surface area contributed by atoms with Gasteiger partial charge in [0.2, 0.25) is 0 Å². The number of hydrogen-bond acceptors (Lipinski definition) is 5. The van der Waals surface area contributed by atoms with Gasteiger partial charge in [0.1, 0.15) is 5.60 Å². The van der Waals surface area contributed by atoms with Crippen LogP contribution >= 0.6 is 11.3 Å². The Hall–Kier alpha value is -1.83. The molecule has 0 spiro atoms. The van der Waals surface area contributed by atoms with Crippen molar-refractivity contribution in [1.29, 1.82) is 0 Å². The largest absolute Gasteiger partial charge is 0.444 e. The van der Waals surface area contributed by atoms with E-state index < -0.39 is 5.60 Å². The molecule has 7 nitrogen and oxygen atoms in total. The second-order valence-electron chi connectivity index (χ2n) is 6.87. The van der Waals surface area contributed by atoms with Crippen LogP contribution in [-0.2, 0) is 11.3 Å². The second-order valence-corrected chi connectivity index (χ2v) is 8.16. The molecule has 0 radical (unpaired) electrons. The van der Waals surface area contributed by atoms with E-state index >= 15 is 0 Å². The van der Waals surface area contributed by atoms with Crippen molar-refractivity contribution >= 4 is 23.4 Å². The number of rotatable bonds is 2. The number of ether oxygens (including phenoxy) is 1. The van der Waals surface area contributed by atoms with Crippen molar-refractivity contribution in [3.05, 3.63) is 15.6 Å². The fourth-order valence-corrected chi connectivity index (χ4v) is 3.28. The number of piperazine rings is 1. The van der Waals surface area contributed by atoms with Gasteiger partial charge in [0, 0.05) is 31.1 Å². The first kappa shape index (κ1) is 18.5. The van der Waals surface area contributed by atoms with Gasteiger partial charge in [-0.25, -0.2) is 14.8 Å². The maximum Gasteiger partial charge on any atom is 0.410 e. The Morgan fingerprint density at radius 2 is 1.83 bits per heavy atom. The normalized spacial score (nSPS) is 16.5. The number of aliphatic imine (C=N–C) groups is 1. The van der Waals surface area contributed by atoms with E-state index in [0.717, 1.165) is 15.6 Å². The number of amides is 1. The Morgan fingerprint density at radius 1 is 1.25 bits per heavy atom. The number of aryl methyl sites for hydroxylation is 2. The van der Waals surface area contributed by atoms with E-state index in [2.05, 4.69) is 9.98 Å². The molecule has 0 aliphatic carbocycles. The number of guanidine groups is 1. The van der Waals surface area contributed by atoms with Crippen molar-refractivity contribution in [2.45, 2.75) is 46.8 Å². The molecule has 1 amide bonds. The van der Waals surface area contributed by atoms with Crippen LogP contribution in [0.1, 0.15) is 36.3 Å². The lowest BCUT2D eigenvalue weighted by Crippen LogP contribution is -2.53. The monoisotopic (exact) mass is 353 g/mol. The van der Waals surface area contributed by atoms with Gasteiger partial charge in [-0.3, -0.25) is 0 Å². The summed E-state index contributed by atoms with van der Waals surface area (Å²) in [6.45, 7) is 12.6. The van der Waals surface area contributed by atoms with Crippen molar-refractivity contribution in [2.75, 3.05) is 26.2 Å². The Bertz CT molecular complexity index is 612. The molecule has 1 aromatic rings. The smallest absolute Gasteiger partial charge is 0.410 e. The molecular weight excluding hydrogens is 326 g/mol. The number of nitrogens with zero attached hydrogens (tertiary/aromatic N) is 4. The average molecular weight is 353 g/mol. The van der Waals surface area contributed by atoms with Gasteiger partial charge < -0.3 is 20.3 Å². The molecule has 0 unspecified atom stereocenters. The lowest BCUT2D eigenvalue weighted by atomic mass is 10.2. The van der Waals surface area contributed by atoms with Gasteiger partial charge in [-0.2, -0.15) is 0 Å². The zero-order valence-electron chi connectivity index (χ0n) is 15.1. The molecule has 1 aliphatic heterocycles. The number of aromatic nitrogens is 1. The number of hydrogen-bond donors (Lipinski definition) is 1. The standard InChI is InChI=1S/C16H27N5O2S/c1-11-13(24-12(2)19-11)10-18-14(17)20-6-8-21(9-7-20)15(22)23-16(3,4)5/h6-10H2,1-5H3,(H2,17,18). The summed E-state index contributed by atoms with van der Waals surface area (Å²) in [5, 5.41) is 1.04. The van der Waals surface area contributed by atoms with E-state index in [-0.39, 0.29) is 6.09 Å². The van der Waals surface area contributed by atoms with Crippen LogP contribution in [0.3, 0.4) is 0 Å². The molecule has 8 heteroatoms. The van der Waals surface area contributed by atoms with Gasteiger partial charge in [-0.05, 0) is 34.6 Å². The fraction of sp³-hybridized carbons (Fsp3) is 0.688. The van der Waals surface area contributed by atoms with Crippen LogP contribution in [0.25, 0.3) is 0 Å². The first-order valence-corrected chi connectivity index (χ1v) is 8.93. The quantitative estimate of drug-likeness (QED) is 0.650. The Kier molecular flexibility index (Phi) is 5.69. The van der Waals surface area contributed by atoms with Crippen LogP contribution in [0.4, 0.5) is 4.79 Å². The van der Waals surface area contributed by atoms with Gasteiger partial charge >= 0.3 is 6.09 Å². The van der Waals surface area contributed by atoms with E-state index in [0.29, 0.717) is 38.7 Å². The number of carbonyl (C=O) groups is 1. The Balaban J connectivity index is 1.86. The summed E-state index contributed by atoms with van der Waals surface area (Å²) in [6.07, 6.45) is -0.270. The highest BCUT2D eigenvalue weighted by Crippen LogP contribution is 2.18. The van der Waals surface area contributed by atoms with E-state index in [1.165, 1.54) is 0 Å². The lowest BCUT2D eigenvalue weighted by Gasteiger charge is -2.36. The molecule has 2 N–H and O–H groups in total. The predicted octanol–water partition coefficient (Wildman–Crippen LogP) is 2.13. The third-order valence-electron chi connectivity index (χ3n) is 3.64. The maximum atomic E-state index is 12.1. The van der Waals surface area contributed by atoms with Crippen molar-refractivity contribution in [3.63, 3.8) is 0 Å². The van der Waals surface area contributed by atoms with E-state index in [9.17, 15) is 4.79 Å². The summed E-state index contributed by atoms with van der Waals surface area (Å²) >= 11 is 1.65. The van der Waals surface area contributed by atoms with Crippen molar-refractivity contribution in [1.82, 2.24) is 14.8 Å². The highest BCUT2D eigenvalue weighted by molar-refractivity contribution is 7.11. The number of carbonyl (C=O) groups excluding carboxylic acids is 1. The predicted molar refractivity (Wildman–Crippen MR) is 96.3 cm³/mol. The number of nitrogens with two attached hydrogens (primary N) is 1. The average Bonchev–Trinajstić information content (AvgIpc) is 2.81. The molecule has 1 aromatic heterocycles. The maximum absolute atomic E-state index is 12.1. The van der Waals surface area contributed by atoms with E-state index in [4.69, 9.17) is 10.5 Å². The van der Waals surface area contributed by atoms with Crippen LogP contribution in [0.15, 0.2) is 4.99 Å². The molecule has 0 atom stereocenters. The molecule has 0 bridgehead atoms. The summed E-state index contributed by atoms with van der Waals surface area (Å²) in [7, 11) is 0. The van der Waals surface area contributed by atoms with Crippen LogP contribution in [0.5, 0.6) is 0 Å². The van der Waals surface area contributed by atoms with Crippen molar-refractivity contribution < 1.29 is 9.53 Å². The summed E-state index contributed by atoms with van der Waals surface area (Å²) in [5.74, 6) is 0.518. The summed E-state index contributed by atoms with van der Waals surface area (Å²) in [4.78, 5) is 25.8. The highest BCUT2D eigenvalue weighted by Gasteiger charge is 2.26. The molecule has 1 saturated heterocycles. The van der Waals surface area contributed by atoms with Crippen molar-refractivity contribution in [2.24, 2.45) is 10.7 Å². The van der Waals surface area contributed by atoms with Gasteiger partial charge in [0.05, 0.1) is 17.2 Å². The molecule has 2 rings (SSSR count).